The summed E-state index contributed by atoms with van der Waals surface area (Å²) in [6.45, 7) is 0.684. The first-order chi connectivity index (χ1) is 7.79. The maximum absolute atomic E-state index is 11.7. The molecular formula is C11H17N3OS. The molecule has 1 aromatic rings. The minimum absolute atomic E-state index is 0.0154. The van der Waals surface area contributed by atoms with Crippen molar-refractivity contribution in [1.82, 2.24) is 9.78 Å². The number of nitrogens with zero attached hydrogens (tertiary/aromatic N) is 2. The van der Waals surface area contributed by atoms with Crippen LogP contribution in [0.15, 0.2) is 17.1 Å². The van der Waals surface area contributed by atoms with E-state index in [1.54, 1.807) is 24.0 Å². The molecule has 1 N–H and O–H groups in total. The summed E-state index contributed by atoms with van der Waals surface area (Å²) in [5, 5.41) is 7.48. The van der Waals surface area contributed by atoms with Crippen LogP contribution in [0.4, 0.5) is 5.69 Å². The molecule has 88 valence electrons. The van der Waals surface area contributed by atoms with Crippen LogP contribution < -0.4 is 10.9 Å². The first-order valence-corrected chi connectivity index (χ1v) is 7.01. The molecule has 0 spiro atoms. The van der Waals surface area contributed by atoms with Gasteiger partial charge in [0.2, 0.25) is 0 Å². The Balaban J connectivity index is 2.00. The summed E-state index contributed by atoms with van der Waals surface area (Å²) >= 11 is 1.72. The Morgan fingerprint density at radius 1 is 1.62 bits per heavy atom. The number of rotatable bonds is 5. The molecule has 1 aliphatic rings. The van der Waals surface area contributed by atoms with Crippen LogP contribution in [0.3, 0.4) is 0 Å². The summed E-state index contributed by atoms with van der Waals surface area (Å²) in [6, 6.07) is 2.19. The quantitative estimate of drug-likeness (QED) is 0.847. The first-order valence-electron chi connectivity index (χ1n) is 5.62. The summed E-state index contributed by atoms with van der Waals surface area (Å²) in [6.07, 6.45) is 7.47. The fraction of sp³-hybridized carbons (Fsp3) is 0.636. The summed E-state index contributed by atoms with van der Waals surface area (Å²) in [7, 11) is 0. The molecule has 1 saturated carbocycles. The number of anilines is 1. The minimum atomic E-state index is -0.0154. The third-order valence-electron chi connectivity index (χ3n) is 2.85. The summed E-state index contributed by atoms with van der Waals surface area (Å²) in [5.41, 5.74) is 0.841. The average Bonchev–Trinajstić information content (AvgIpc) is 2.22. The molecule has 1 fully saturated rings. The number of thioether (sulfide) groups is 1. The van der Waals surface area contributed by atoms with Gasteiger partial charge in [0.15, 0.2) is 0 Å². The van der Waals surface area contributed by atoms with Crippen molar-refractivity contribution in [3.63, 3.8) is 0 Å². The number of hydrogen-bond acceptors (Lipinski definition) is 4. The molecule has 0 aliphatic heterocycles. The number of aromatic nitrogens is 2. The van der Waals surface area contributed by atoms with Crippen LogP contribution in [0.25, 0.3) is 0 Å². The van der Waals surface area contributed by atoms with Gasteiger partial charge in [0, 0.05) is 17.9 Å². The first kappa shape index (κ1) is 11.5. The highest BCUT2D eigenvalue weighted by molar-refractivity contribution is 7.98. The van der Waals surface area contributed by atoms with E-state index in [4.69, 9.17) is 0 Å². The van der Waals surface area contributed by atoms with E-state index in [0.29, 0.717) is 12.6 Å². The van der Waals surface area contributed by atoms with Crippen molar-refractivity contribution in [3.05, 3.63) is 22.6 Å². The predicted octanol–water partition coefficient (Wildman–Crippen LogP) is 1.57. The van der Waals surface area contributed by atoms with E-state index in [1.807, 2.05) is 6.26 Å². The molecule has 0 radical (unpaired) electrons. The van der Waals surface area contributed by atoms with Gasteiger partial charge in [-0.25, -0.2) is 4.68 Å². The Kier molecular flexibility index (Phi) is 3.88. The molecule has 0 unspecified atom stereocenters. The highest BCUT2D eigenvalue weighted by atomic mass is 32.2. The van der Waals surface area contributed by atoms with Gasteiger partial charge >= 0.3 is 0 Å². The second-order valence-electron chi connectivity index (χ2n) is 4.07. The van der Waals surface area contributed by atoms with E-state index >= 15 is 0 Å². The van der Waals surface area contributed by atoms with Gasteiger partial charge in [-0.05, 0) is 25.5 Å². The van der Waals surface area contributed by atoms with Crippen molar-refractivity contribution in [1.29, 1.82) is 0 Å². The van der Waals surface area contributed by atoms with Crippen molar-refractivity contribution < 1.29 is 0 Å². The van der Waals surface area contributed by atoms with E-state index in [9.17, 15) is 4.79 Å². The summed E-state index contributed by atoms with van der Waals surface area (Å²) < 4.78 is 1.52. The van der Waals surface area contributed by atoms with Gasteiger partial charge in [0.1, 0.15) is 0 Å². The van der Waals surface area contributed by atoms with Gasteiger partial charge in [0.25, 0.3) is 5.56 Å². The SMILES string of the molecule is CSCCn1ncc(NC2CCC2)cc1=O. The molecule has 0 amide bonds. The predicted molar refractivity (Wildman–Crippen MR) is 68.1 cm³/mol. The lowest BCUT2D eigenvalue weighted by Crippen LogP contribution is -2.29. The second-order valence-corrected chi connectivity index (χ2v) is 5.06. The lowest BCUT2D eigenvalue weighted by Gasteiger charge is -2.27. The van der Waals surface area contributed by atoms with Crippen LogP contribution >= 0.6 is 11.8 Å². The van der Waals surface area contributed by atoms with E-state index in [0.717, 1.165) is 11.4 Å². The number of aryl methyl sites for hydroxylation is 1. The van der Waals surface area contributed by atoms with Crippen LogP contribution in [-0.2, 0) is 6.54 Å². The maximum atomic E-state index is 11.7. The topological polar surface area (TPSA) is 46.9 Å². The van der Waals surface area contributed by atoms with Crippen LogP contribution in [0, 0.1) is 0 Å². The van der Waals surface area contributed by atoms with Crippen molar-refractivity contribution in [2.45, 2.75) is 31.8 Å². The zero-order valence-electron chi connectivity index (χ0n) is 9.48. The van der Waals surface area contributed by atoms with Crippen LogP contribution in [0.1, 0.15) is 19.3 Å². The van der Waals surface area contributed by atoms with Gasteiger partial charge in [0.05, 0.1) is 18.4 Å². The molecule has 0 saturated heterocycles. The molecule has 16 heavy (non-hydrogen) atoms. The van der Waals surface area contributed by atoms with E-state index in [2.05, 4.69) is 10.4 Å². The highest BCUT2D eigenvalue weighted by Crippen LogP contribution is 2.21. The van der Waals surface area contributed by atoms with E-state index in [1.165, 1.54) is 23.9 Å². The third-order valence-corrected chi connectivity index (χ3v) is 3.44. The van der Waals surface area contributed by atoms with Gasteiger partial charge in [-0.3, -0.25) is 4.79 Å². The second kappa shape index (κ2) is 5.39. The number of nitrogens with one attached hydrogen (secondary N) is 1. The maximum Gasteiger partial charge on any atom is 0.268 e. The van der Waals surface area contributed by atoms with Gasteiger partial charge in [-0.1, -0.05) is 0 Å². The molecule has 0 atom stereocenters. The fourth-order valence-electron chi connectivity index (χ4n) is 1.65. The van der Waals surface area contributed by atoms with Crippen molar-refractivity contribution in [2.24, 2.45) is 0 Å². The standard InChI is InChI=1S/C11H17N3OS/c1-16-6-5-14-11(15)7-10(8-12-14)13-9-3-2-4-9/h7-9,13H,2-6H2,1H3. The van der Waals surface area contributed by atoms with Crippen LogP contribution in [-0.4, -0.2) is 27.8 Å². The minimum Gasteiger partial charge on any atom is -0.381 e. The monoisotopic (exact) mass is 239 g/mol. The highest BCUT2D eigenvalue weighted by Gasteiger charge is 2.17. The molecule has 5 heteroatoms. The van der Waals surface area contributed by atoms with E-state index in [-0.39, 0.29) is 5.56 Å². The molecule has 0 bridgehead atoms. The van der Waals surface area contributed by atoms with Crippen LogP contribution in [0.5, 0.6) is 0 Å². The lowest BCUT2D eigenvalue weighted by atomic mass is 9.93. The zero-order chi connectivity index (χ0) is 11.4. The molecule has 0 aromatic carbocycles. The van der Waals surface area contributed by atoms with E-state index < -0.39 is 0 Å². The largest absolute Gasteiger partial charge is 0.381 e. The molecule has 4 nitrogen and oxygen atoms in total. The van der Waals surface area contributed by atoms with Crippen molar-refractivity contribution >= 4 is 17.4 Å². The zero-order valence-corrected chi connectivity index (χ0v) is 10.3. The van der Waals surface area contributed by atoms with Crippen molar-refractivity contribution in [2.75, 3.05) is 17.3 Å². The Morgan fingerprint density at radius 3 is 3.00 bits per heavy atom. The van der Waals surface area contributed by atoms with Gasteiger partial charge in [-0.2, -0.15) is 16.9 Å². The van der Waals surface area contributed by atoms with Crippen molar-refractivity contribution in [3.8, 4) is 0 Å². The molecule has 1 aliphatic carbocycles. The van der Waals surface area contributed by atoms with Gasteiger partial charge in [-0.15, -0.1) is 0 Å². The Bertz CT molecular complexity index is 400. The molecule has 1 aromatic heterocycles. The lowest BCUT2D eigenvalue weighted by molar-refractivity contribution is 0.445. The molecule has 2 rings (SSSR count). The molecular weight excluding hydrogens is 222 g/mol. The Labute approximate surface area is 99.4 Å². The Hall–Kier alpha value is -0.970. The van der Waals surface area contributed by atoms with Gasteiger partial charge < -0.3 is 5.32 Å². The number of hydrogen-bond donors (Lipinski definition) is 1. The summed E-state index contributed by atoms with van der Waals surface area (Å²) in [5.74, 6) is 0.919. The third kappa shape index (κ3) is 2.78. The smallest absolute Gasteiger partial charge is 0.268 e. The Morgan fingerprint density at radius 2 is 2.44 bits per heavy atom. The average molecular weight is 239 g/mol. The van der Waals surface area contributed by atoms with Crippen LogP contribution in [0.2, 0.25) is 0 Å². The summed E-state index contributed by atoms with van der Waals surface area (Å²) in [4.78, 5) is 11.7. The molecule has 1 heterocycles. The fourth-order valence-corrected chi connectivity index (χ4v) is 2.00. The normalized spacial score (nSPS) is 15.8.